The Labute approximate surface area is 111 Å². The first-order chi connectivity index (χ1) is 9.04. The van der Waals surface area contributed by atoms with Crippen LogP contribution in [0, 0.1) is 11.6 Å². The van der Waals surface area contributed by atoms with Gasteiger partial charge in [0, 0.05) is 22.8 Å². The van der Waals surface area contributed by atoms with Crippen molar-refractivity contribution >= 4 is 28.4 Å². The van der Waals surface area contributed by atoms with Gasteiger partial charge in [-0.15, -0.1) is 0 Å². The van der Waals surface area contributed by atoms with Crippen LogP contribution in [0.1, 0.15) is 0 Å². The SMILES string of the molecule is Nc1cc(F)c(F)cc1-c1nc2ccc(Cl)cc2o1. The first kappa shape index (κ1) is 11.9. The first-order valence-electron chi connectivity index (χ1n) is 5.35. The summed E-state index contributed by atoms with van der Waals surface area (Å²) in [6.45, 7) is 0. The van der Waals surface area contributed by atoms with E-state index < -0.39 is 11.6 Å². The molecule has 3 nitrogen and oxygen atoms in total. The van der Waals surface area contributed by atoms with E-state index in [-0.39, 0.29) is 17.1 Å². The van der Waals surface area contributed by atoms with E-state index in [0.717, 1.165) is 12.1 Å². The molecule has 1 heterocycles. The molecule has 0 saturated heterocycles. The number of rotatable bonds is 1. The summed E-state index contributed by atoms with van der Waals surface area (Å²) >= 11 is 5.83. The highest BCUT2D eigenvalue weighted by Gasteiger charge is 2.15. The van der Waals surface area contributed by atoms with E-state index in [4.69, 9.17) is 21.8 Å². The van der Waals surface area contributed by atoms with E-state index in [2.05, 4.69) is 4.98 Å². The molecule has 0 radical (unpaired) electrons. The summed E-state index contributed by atoms with van der Waals surface area (Å²) in [4.78, 5) is 4.16. The zero-order chi connectivity index (χ0) is 13.6. The van der Waals surface area contributed by atoms with Gasteiger partial charge >= 0.3 is 0 Å². The number of anilines is 1. The molecule has 0 amide bonds. The minimum Gasteiger partial charge on any atom is -0.436 e. The van der Waals surface area contributed by atoms with Crippen LogP contribution in [-0.2, 0) is 0 Å². The van der Waals surface area contributed by atoms with Gasteiger partial charge in [-0.05, 0) is 18.2 Å². The van der Waals surface area contributed by atoms with Crippen molar-refractivity contribution in [3.8, 4) is 11.5 Å². The molecule has 96 valence electrons. The highest BCUT2D eigenvalue weighted by Crippen LogP contribution is 2.31. The molecular formula is C13H7ClF2N2O. The fraction of sp³-hybridized carbons (Fsp3) is 0. The third kappa shape index (κ3) is 2.02. The molecule has 19 heavy (non-hydrogen) atoms. The number of benzene rings is 2. The smallest absolute Gasteiger partial charge is 0.229 e. The second kappa shape index (κ2) is 4.20. The Morgan fingerprint density at radius 3 is 2.63 bits per heavy atom. The molecule has 0 saturated carbocycles. The van der Waals surface area contributed by atoms with Crippen molar-refractivity contribution in [3.05, 3.63) is 47.0 Å². The van der Waals surface area contributed by atoms with E-state index in [1.807, 2.05) is 0 Å². The zero-order valence-electron chi connectivity index (χ0n) is 9.45. The molecule has 3 rings (SSSR count). The summed E-state index contributed by atoms with van der Waals surface area (Å²) in [5, 5.41) is 0.494. The lowest BCUT2D eigenvalue weighted by atomic mass is 10.1. The van der Waals surface area contributed by atoms with E-state index in [9.17, 15) is 8.78 Å². The highest BCUT2D eigenvalue weighted by molar-refractivity contribution is 6.31. The van der Waals surface area contributed by atoms with Crippen LogP contribution >= 0.6 is 11.6 Å². The molecule has 0 aliphatic rings. The zero-order valence-corrected chi connectivity index (χ0v) is 10.2. The molecule has 0 bridgehead atoms. The summed E-state index contributed by atoms with van der Waals surface area (Å²) in [7, 11) is 0. The Kier molecular flexibility index (Phi) is 2.64. The molecule has 2 aromatic carbocycles. The van der Waals surface area contributed by atoms with Crippen LogP contribution in [0.25, 0.3) is 22.6 Å². The average Bonchev–Trinajstić information content (AvgIpc) is 2.76. The molecule has 0 aliphatic heterocycles. The van der Waals surface area contributed by atoms with E-state index >= 15 is 0 Å². The van der Waals surface area contributed by atoms with Gasteiger partial charge in [0.1, 0.15) is 5.52 Å². The summed E-state index contributed by atoms with van der Waals surface area (Å²) in [6.07, 6.45) is 0. The number of fused-ring (bicyclic) bond motifs is 1. The number of hydrogen-bond donors (Lipinski definition) is 1. The fourth-order valence-electron chi connectivity index (χ4n) is 1.76. The molecule has 2 N–H and O–H groups in total. The molecule has 0 aliphatic carbocycles. The second-order valence-electron chi connectivity index (χ2n) is 3.98. The van der Waals surface area contributed by atoms with Crippen molar-refractivity contribution in [3.63, 3.8) is 0 Å². The maximum Gasteiger partial charge on any atom is 0.229 e. The van der Waals surface area contributed by atoms with Gasteiger partial charge < -0.3 is 10.2 Å². The van der Waals surface area contributed by atoms with E-state index in [1.54, 1.807) is 18.2 Å². The van der Waals surface area contributed by atoms with Gasteiger partial charge in [-0.2, -0.15) is 0 Å². The monoisotopic (exact) mass is 280 g/mol. The number of nitrogen functional groups attached to an aromatic ring is 1. The van der Waals surface area contributed by atoms with Gasteiger partial charge in [-0.1, -0.05) is 11.6 Å². The van der Waals surface area contributed by atoms with Gasteiger partial charge in [0.25, 0.3) is 0 Å². The largest absolute Gasteiger partial charge is 0.436 e. The number of halogens is 3. The minimum absolute atomic E-state index is 0.0524. The number of hydrogen-bond acceptors (Lipinski definition) is 3. The van der Waals surface area contributed by atoms with Crippen LogP contribution in [0.3, 0.4) is 0 Å². The Bertz CT molecular complexity index is 786. The lowest BCUT2D eigenvalue weighted by Crippen LogP contribution is -1.94. The predicted molar refractivity (Wildman–Crippen MR) is 68.8 cm³/mol. The molecule has 3 aromatic rings. The summed E-state index contributed by atoms with van der Waals surface area (Å²) < 4.78 is 31.7. The van der Waals surface area contributed by atoms with Crippen molar-refractivity contribution in [1.82, 2.24) is 4.98 Å². The standard InChI is InChI=1S/C13H7ClF2N2O/c14-6-1-2-11-12(3-6)19-13(18-11)7-4-8(15)9(16)5-10(7)17/h1-5H,17H2. The third-order valence-electron chi connectivity index (χ3n) is 2.67. The Morgan fingerprint density at radius 1 is 1.11 bits per heavy atom. The quantitative estimate of drug-likeness (QED) is 0.685. The normalized spacial score (nSPS) is 11.1. The Hall–Kier alpha value is -2.14. The summed E-state index contributed by atoms with van der Waals surface area (Å²) in [5.41, 5.74) is 6.90. The van der Waals surface area contributed by atoms with Crippen LogP contribution in [0.5, 0.6) is 0 Å². The van der Waals surface area contributed by atoms with Crippen molar-refractivity contribution in [2.75, 3.05) is 5.73 Å². The van der Waals surface area contributed by atoms with Gasteiger partial charge in [-0.3, -0.25) is 0 Å². The molecule has 0 fully saturated rings. The number of nitrogens with two attached hydrogens (primary N) is 1. The van der Waals surface area contributed by atoms with Gasteiger partial charge in [0.2, 0.25) is 5.89 Å². The van der Waals surface area contributed by atoms with Crippen molar-refractivity contribution < 1.29 is 13.2 Å². The van der Waals surface area contributed by atoms with Gasteiger partial charge in [-0.25, -0.2) is 13.8 Å². The molecule has 0 atom stereocenters. The van der Waals surface area contributed by atoms with Crippen molar-refractivity contribution in [2.24, 2.45) is 0 Å². The third-order valence-corrected chi connectivity index (χ3v) is 2.91. The molecule has 0 unspecified atom stereocenters. The average molecular weight is 281 g/mol. The van der Waals surface area contributed by atoms with Gasteiger partial charge in [0.05, 0.1) is 5.56 Å². The van der Waals surface area contributed by atoms with Gasteiger partial charge in [0.15, 0.2) is 17.2 Å². The van der Waals surface area contributed by atoms with E-state index in [0.29, 0.717) is 16.1 Å². The van der Waals surface area contributed by atoms with Crippen LogP contribution in [-0.4, -0.2) is 4.98 Å². The molecule has 1 aromatic heterocycles. The predicted octanol–water partition coefficient (Wildman–Crippen LogP) is 4.01. The topological polar surface area (TPSA) is 52.0 Å². The van der Waals surface area contributed by atoms with Crippen LogP contribution in [0.15, 0.2) is 34.7 Å². The second-order valence-corrected chi connectivity index (χ2v) is 4.42. The lowest BCUT2D eigenvalue weighted by Gasteiger charge is -2.02. The van der Waals surface area contributed by atoms with Crippen molar-refractivity contribution in [1.29, 1.82) is 0 Å². The van der Waals surface area contributed by atoms with E-state index in [1.165, 1.54) is 0 Å². The lowest BCUT2D eigenvalue weighted by molar-refractivity contribution is 0.508. The number of nitrogens with zero attached hydrogens (tertiary/aromatic N) is 1. The number of oxazole rings is 1. The highest BCUT2D eigenvalue weighted by atomic mass is 35.5. The first-order valence-corrected chi connectivity index (χ1v) is 5.73. The summed E-state index contributed by atoms with van der Waals surface area (Å²) in [5.74, 6) is -1.90. The Morgan fingerprint density at radius 2 is 1.84 bits per heavy atom. The van der Waals surface area contributed by atoms with Crippen LogP contribution < -0.4 is 5.73 Å². The number of aromatic nitrogens is 1. The molecule has 0 spiro atoms. The Balaban J connectivity index is 2.21. The van der Waals surface area contributed by atoms with Crippen LogP contribution in [0.2, 0.25) is 5.02 Å². The van der Waals surface area contributed by atoms with Crippen molar-refractivity contribution in [2.45, 2.75) is 0 Å². The maximum absolute atomic E-state index is 13.2. The summed E-state index contributed by atoms with van der Waals surface area (Å²) in [6, 6.07) is 6.76. The maximum atomic E-state index is 13.2. The molecular weight excluding hydrogens is 274 g/mol. The molecule has 6 heteroatoms. The van der Waals surface area contributed by atoms with Crippen LogP contribution in [0.4, 0.5) is 14.5 Å². The fourth-order valence-corrected chi connectivity index (χ4v) is 1.92. The minimum atomic E-state index is -1.01.